The predicted molar refractivity (Wildman–Crippen MR) is 121 cm³/mol. The molecule has 0 amide bonds. The number of para-hydroxylation sites is 1. The number of H-pyrrole nitrogens is 1. The molecular weight excluding hydrogens is 416 g/mol. The molecule has 0 spiro atoms. The number of rotatable bonds is 7. The summed E-state index contributed by atoms with van der Waals surface area (Å²) in [5.41, 5.74) is 4.54. The van der Waals surface area contributed by atoms with Crippen LogP contribution in [0.5, 0.6) is 0 Å². The van der Waals surface area contributed by atoms with Gasteiger partial charge < -0.3 is 14.5 Å². The summed E-state index contributed by atoms with van der Waals surface area (Å²) in [5, 5.41) is 15.4. The first-order chi connectivity index (χ1) is 15.3. The van der Waals surface area contributed by atoms with E-state index in [9.17, 15) is 19.7 Å². The second-order valence-corrected chi connectivity index (χ2v) is 6.33. The fraction of sp³-hybridized carbons (Fsp3) is 0.227. The highest BCUT2D eigenvalue weighted by atomic mass is 16.6. The fourth-order valence-corrected chi connectivity index (χ4v) is 2.51. The number of hydrazone groups is 1. The van der Waals surface area contributed by atoms with Crippen LogP contribution in [0, 0.1) is 10.1 Å². The third-order valence-electron chi connectivity index (χ3n) is 4.01. The second-order valence-electron chi connectivity index (χ2n) is 6.33. The number of anilines is 1. The first-order valence-electron chi connectivity index (χ1n) is 9.82. The molecule has 1 heterocycles. The number of ether oxygens (including phenoxy) is 2. The van der Waals surface area contributed by atoms with Gasteiger partial charge in [-0.3, -0.25) is 15.5 Å². The molecule has 0 aliphatic rings. The standard InChI is InChI=1S/C11H13N3O4.C11H11NO2/c1-3-18-11(15)8(2)12-13-9-5-4-6-10(7-9)14(16)17;1-2-14-11(13)10-7-8-5-3-4-6-9(8)12-10/h4-7,13H,3H2,1-2H3;3-7,12H,2H2,1H3. The normalized spacial score (nSPS) is 10.7. The van der Waals surface area contributed by atoms with E-state index in [4.69, 9.17) is 9.47 Å². The molecule has 0 saturated carbocycles. The van der Waals surface area contributed by atoms with Gasteiger partial charge in [-0.25, -0.2) is 9.59 Å². The molecule has 0 fully saturated rings. The van der Waals surface area contributed by atoms with E-state index in [1.54, 1.807) is 26.0 Å². The van der Waals surface area contributed by atoms with Gasteiger partial charge in [-0.1, -0.05) is 24.3 Å². The second kappa shape index (κ2) is 11.8. The highest BCUT2D eigenvalue weighted by molar-refractivity contribution is 6.35. The lowest BCUT2D eigenvalue weighted by molar-refractivity contribution is -0.384. The van der Waals surface area contributed by atoms with Crippen LogP contribution >= 0.6 is 0 Å². The Bertz CT molecular complexity index is 1090. The highest BCUT2D eigenvalue weighted by Gasteiger charge is 2.09. The summed E-state index contributed by atoms with van der Waals surface area (Å²) < 4.78 is 9.62. The molecule has 2 aromatic carbocycles. The number of fused-ring (bicyclic) bond motifs is 1. The van der Waals surface area contributed by atoms with E-state index in [0.29, 0.717) is 18.0 Å². The maximum Gasteiger partial charge on any atom is 0.354 e. The number of non-ortho nitro benzene ring substituents is 1. The molecule has 32 heavy (non-hydrogen) atoms. The Morgan fingerprint density at radius 1 is 1.06 bits per heavy atom. The number of nitro benzene ring substituents is 1. The molecule has 0 aliphatic heterocycles. The van der Waals surface area contributed by atoms with Crippen molar-refractivity contribution in [3.63, 3.8) is 0 Å². The smallest absolute Gasteiger partial charge is 0.354 e. The van der Waals surface area contributed by atoms with Crippen LogP contribution in [0.25, 0.3) is 10.9 Å². The van der Waals surface area contributed by atoms with E-state index in [0.717, 1.165) is 10.9 Å². The number of nitrogens with one attached hydrogen (secondary N) is 2. The average molecular weight is 440 g/mol. The van der Waals surface area contributed by atoms with E-state index >= 15 is 0 Å². The van der Waals surface area contributed by atoms with Gasteiger partial charge in [-0.2, -0.15) is 5.10 Å². The van der Waals surface area contributed by atoms with Crippen LogP contribution in [-0.4, -0.2) is 40.8 Å². The van der Waals surface area contributed by atoms with Gasteiger partial charge in [0.15, 0.2) is 0 Å². The number of benzene rings is 2. The number of carbonyl (C=O) groups is 2. The lowest BCUT2D eigenvalue weighted by Gasteiger charge is -2.03. The number of nitrogens with zero attached hydrogens (tertiary/aromatic N) is 2. The van der Waals surface area contributed by atoms with Crippen molar-refractivity contribution in [1.29, 1.82) is 0 Å². The summed E-state index contributed by atoms with van der Waals surface area (Å²) in [6.45, 7) is 5.64. The largest absolute Gasteiger partial charge is 0.461 e. The molecule has 0 saturated heterocycles. The topological polar surface area (TPSA) is 136 Å². The summed E-state index contributed by atoms with van der Waals surface area (Å²) in [6.07, 6.45) is 0. The van der Waals surface area contributed by atoms with Gasteiger partial charge in [0.1, 0.15) is 11.4 Å². The van der Waals surface area contributed by atoms with Gasteiger partial charge in [0.2, 0.25) is 0 Å². The molecule has 2 N–H and O–H groups in total. The Kier molecular flexibility index (Phi) is 8.91. The molecule has 1 aromatic heterocycles. The van der Waals surface area contributed by atoms with Crippen molar-refractivity contribution in [2.45, 2.75) is 20.8 Å². The third-order valence-corrected chi connectivity index (χ3v) is 4.01. The zero-order valence-corrected chi connectivity index (χ0v) is 18.0. The SMILES string of the molecule is CCOC(=O)C(C)=NNc1cccc([N+](=O)[O-])c1.CCOC(=O)c1cc2ccccc2[nH]1. The Morgan fingerprint density at radius 3 is 2.44 bits per heavy atom. The van der Waals surface area contributed by atoms with E-state index in [1.807, 2.05) is 24.3 Å². The summed E-state index contributed by atoms with van der Waals surface area (Å²) >= 11 is 0. The van der Waals surface area contributed by atoms with Crippen molar-refractivity contribution in [2.75, 3.05) is 18.6 Å². The van der Waals surface area contributed by atoms with E-state index in [-0.39, 0.29) is 24.0 Å². The molecule has 3 rings (SSSR count). The molecule has 3 aromatic rings. The number of esters is 2. The maximum absolute atomic E-state index is 11.4. The van der Waals surface area contributed by atoms with Gasteiger partial charge in [-0.05, 0) is 39.0 Å². The minimum Gasteiger partial charge on any atom is -0.461 e. The molecule has 168 valence electrons. The number of aromatic amines is 1. The minimum absolute atomic E-state index is 0.0519. The van der Waals surface area contributed by atoms with Crippen molar-refractivity contribution in [3.8, 4) is 0 Å². The van der Waals surface area contributed by atoms with Gasteiger partial charge in [0.05, 0.1) is 23.8 Å². The molecule has 0 radical (unpaired) electrons. The van der Waals surface area contributed by atoms with Crippen LogP contribution in [-0.2, 0) is 14.3 Å². The Morgan fingerprint density at radius 2 is 1.78 bits per heavy atom. The van der Waals surface area contributed by atoms with Gasteiger partial charge in [-0.15, -0.1) is 0 Å². The lowest BCUT2D eigenvalue weighted by atomic mass is 10.2. The predicted octanol–water partition coefficient (Wildman–Crippen LogP) is 4.29. The Hall–Kier alpha value is -4.21. The molecule has 0 atom stereocenters. The third kappa shape index (κ3) is 6.94. The van der Waals surface area contributed by atoms with Crippen molar-refractivity contribution in [2.24, 2.45) is 5.10 Å². The summed E-state index contributed by atoms with van der Waals surface area (Å²) in [7, 11) is 0. The van der Waals surface area contributed by atoms with Crippen molar-refractivity contribution in [3.05, 3.63) is 70.4 Å². The summed E-state index contributed by atoms with van der Waals surface area (Å²) in [4.78, 5) is 35.7. The quantitative estimate of drug-likeness (QED) is 0.242. The Labute approximate surface area is 184 Å². The first kappa shape index (κ1) is 24.1. The van der Waals surface area contributed by atoms with E-state index in [2.05, 4.69) is 15.5 Å². The molecule has 0 unspecified atom stereocenters. The molecule has 10 heteroatoms. The minimum atomic E-state index is -0.532. The zero-order valence-electron chi connectivity index (χ0n) is 18.0. The van der Waals surface area contributed by atoms with Crippen molar-refractivity contribution >= 4 is 39.9 Å². The monoisotopic (exact) mass is 440 g/mol. The number of carbonyl (C=O) groups excluding carboxylic acids is 2. The first-order valence-corrected chi connectivity index (χ1v) is 9.82. The van der Waals surface area contributed by atoms with Crippen LogP contribution in [0.1, 0.15) is 31.3 Å². The van der Waals surface area contributed by atoms with Crippen LogP contribution < -0.4 is 5.43 Å². The van der Waals surface area contributed by atoms with Crippen LogP contribution in [0.4, 0.5) is 11.4 Å². The number of hydrogen-bond acceptors (Lipinski definition) is 8. The zero-order chi connectivity index (χ0) is 23.5. The van der Waals surface area contributed by atoms with E-state index < -0.39 is 10.9 Å². The van der Waals surface area contributed by atoms with Crippen molar-refractivity contribution in [1.82, 2.24) is 4.98 Å². The fourth-order valence-electron chi connectivity index (χ4n) is 2.51. The lowest BCUT2D eigenvalue weighted by Crippen LogP contribution is -2.15. The molecular formula is C22H24N4O6. The summed E-state index contributed by atoms with van der Waals surface area (Å²) in [6, 6.07) is 15.4. The molecule has 10 nitrogen and oxygen atoms in total. The summed E-state index contributed by atoms with van der Waals surface area (Å²) in [5.74, 6) is -0.834. The average Bonchev–Trinajstić information content (AvgIpc) is 3.23. The van der Waals surface area contributed by atoms with E-state index in [1.165, 1.54) is 25.1 Å². The van der Waals surface area contributed by atoms with Crippen LogP contribution in [0.3, 0.4) is 0 Å². The Balaban J connectivity index is 0.000000233. The van der Waals surface area contributed by atoms with Crippen molar-refractivity contribution < 1.29 is 24.0 Å². The molecule has 0 aliphatic carbocycles. The molecule has 0 bridgehead atoms. The van der Waals surface area contributed by atoms with Gasteiger partial charge in [0, 0.05) is 23.0 Å². The number of nitro groups is 1. The number of hydrogen-bond donors (Lipinski definition) is 2. The van der Waals surface area contributed by atoms with Crippen LogP contribution in [0.2, 0.25) is 0 Å². The number of aromatic nitrogens is 1. The highest BCUT2D eigenvalue weighted by Crippen LogP contribution is 2.17. The van der Waals surface area contributed by atoms with Gasteiger partial charge >= 0.3 is 11.9 Å². The van der Waals surface area contributed by atoms with Gasteiger partial charge in [0.25, 0.3) is 5.69 Å². The maximum atomic E-state index is 11.4. The van der Waals surface area contributed by atoms with Crippen LogP contribution in [0.15, 0.2) is 59.7 Å².